The molecule has 4 rings (SSSR count). The highest BCUT2D eigenvalue weighted by Crippen LogP contribution is 2.37. The molecule has 1 aromatic heterocycles. The molecule has 112 valence electrons. The van der Waals surface area contributed by atoms with E-state index in [4.69, 9.17) is 0 Å². The Morgan fingerprint density at radius 1 is 1.29 bits per heavy atom. The first-order valence-electron chi connectivity index (χ1n) is 7.43. The van der Waals surface area contributed by atoms with Crippen LogP contribution in [0.1, 0.15) is 29.4 Å². The molecule has 0 N–H and O–H groups in total. The summed E-state index contributed by atoms with van der Waals surface area (Å²) in [4.78, 5) is 28.2. The van der Waals surface area contributed by atoms with E-state index in [2.05, 4.69) is 0 Å². The van der Waals surface area contributed by atoms with Crippen LogP contribution in [-0.4, -0.2) is 58.5 Å². The van der Waals surface area contributed by atoms with Crippen LogP contribution in [0, 0.1) is 5.92 Å². The molecule has 0 aromatic carbocycles. The Kier molecular flexibility index (Phi) is 2.65. The predicted molar refractivity (Wildman–Crippen MR) is 73.6 cm³/mol. The number of hydrogen-bond acceptors (Lipinski definition) is 2. The first-order valence-corrected chi connectivity index (χ1v) is 7.43. The number of nitrogens with zero attached hydrogens (tertiary/aromatic N) is 3. The van der Waals surface area contributed by atoms with E-state index < -0.39 is 6.17 Å². The first kappa shape index (κ1) is 12.9. The van der Waals surface area contributed by atoms with E-state index in [-0.39, 0.29) is 29.8 Å². The highest BCUT2D eigenvalue weighted by atomic mass is 19.1. The molecule has 0 bridgehead atoms. The molecule has 2 amide bonds. The maximum Gasteiger partial charge on any atom is 0.270 e. The zero-order chi connectivity index (χ0) is 14.7. The number of likely N-dealkylation sites (tertiary alicyclic amines) is 1. The number of fused-ring (bicyclic) bond motifs is 3. The van der Waals surface area contributed by atoms with Gasteiger partial charge in [-0.2, -0.15) is 0 Å². The normalized spacial score (nSPS) is 34.5. The van der Waals surface area contributed by atoms with Crippen LogP contribution in [0.25, 0.3) is 0 Å². The third kappa shape index (κ3) is 1.74. The van der Waals surface area contributed by atoms with Crippen LogP contribution in [-0.2, 0) is 4.79 Å². The second-order valence-corrected chi connectivity index (χ2v) is 6.36. The van der Waals surface area contributed by atoms with Crippen LogP contribution in [0.2, 0.25) is 0 Å². The van der Waals surface area contributed by atoms with Gasteiger partial charge in [0.1, 0.15) is 11.9 Å². The van der Waals surface area contributed by atoms with Gasteiger partial charge in [0.05, 0.1) is 12.1 Å². The van der Waals surface area contributed by atoms with Crippen LogP contribution in [0.15, 0.2) is 18.3 Å². The van der Waals surface area contributed by atoms with E-state index in [1.54, 1.807) is 11.9 Å². The van der Waals surface area contributed by atoms with Gasteiger partial charge < -0.3 is 14.4 Å². The van der Waals surface area contributed by atoms with Gasteiger partial charge in [-0.15, -0.1) is 0 Å². The summed E-state index contributed by atoms with van der Waals surface area (Å²) in [5.74, 6) is -0.110. The van der Waals surface area contributed by atoms with Crippen molar-refractivity contribution in [3.63, 3.8) is 0 Å². The number of likely N-dealkylation sites (N-methyl/N-ethyl adjacent to an activating group) is 1. The van der Waals surface area contributed by atoms with Gasteiger partial charge in [0.25, 0.3) is 5.91 Å². The minimum atomic E-state index is -0.816. The number of alkyl halides is 1. The van der Waals surface area contributed by atoms with Crippen molar-refractivity contribution in [2.75, 3.05) is 20.1 Å². The van der Waals surface area contributed by atoms with Crippen molar-refractivity contribution in [1.82, 2.24) is 14.4 Å². The Morgan fingerprint density at radius 2 is 2.00 bits per heavy atom. The van der Waals surface area contributed by atoms with Crippen LogP contribution >= 0.6 is 0 Å². The second kappa shape index (κ2) is 4.32. The molecule has 2 fully saturated rings. The summed E-state index contributed by atoms with van der Waals surface area (Å²) in [5.41, 5.74) is 0.681. The van der Waals surface area contributed by atoms with Crippen molar-refractivity contribution in [3.8, 4) is 0 Å². The Balaban J connectivity index is 1.58. The monoisotopic (exact) mass is 291 g/mol. The number of amides is 2. The Bertz CT molecular complexity index is 608. The number of carbonyl (C=O) groups is 2. The van der Waals surface area contributed by atoms with E-state index in [9.17, 15) is 14.0 Å². The first-order chi connectivity index (χ1) is 10.1. The Hall–Kier alpha value is -1.85. The fourth-order valence-corrected chi connectivity index (χ4v) is 3.81. The number of halogens is 1. The summed E-state index contributed by atoms with van der Waals surface area (Å²) in [6, 6.07) is 3.82. The molecule has 21 heavy (non-hydrogen) atoms. The standard InChI is InChI=1S/C15H18FN3O2/c1-17-12-7-18(14(20)9-5-10(16)6-9)8-13(12)19-4-2-3-11(19)15(17)21/h2-4,9-10,12-13H,5-8H2,1H3/t9?,10?,12-,13+/m1/s1. The molecule has 1 saturated heterocycles. The van der Waals surface area contributed by atoms with Crippen molar-refractivity contribution >= 4 is 11.8 Å². The lowest BCUT2D eigenvalue weighted by molar-refractivity contribution is -0.139. The number of rotatable bonds is 1. The summed E-state index contributed by atoms with van der Waals surface area (Å²) >= 11 is 0. The summed E-state index contributed by atoms with van der Waals surface area (Å²) < 4.78 is 14.9. The third-order valence-electron chi connectivity index (χ3n) is 5.17. The van der Waals surface area contributed by atoms with E-state index >= 15 is 0 Å². The SMILES string of the molecule is CN1C(=O)c2cccn2[C@H]2CN(C(=O)C3CC(F)C3)C[C@H]21. The smallest absolute Gasteiger partial charge is 0.270 e. The average Bonchev–Trinajstić information content (AvgIpc) is 3.06. The Labute approximate surface area is 122 Å². The summed E-state index contributed by atoms with van der Waals surface area (Å²) in [5, 5.41) is 0. The summed E-state index contributed by atoms with van der Waals surface area (Å²) in [6.07, 6.45) is 1.80. The molecule has 1 aliphatic carbocycles. The molecule has 5 nitrogen and oxygen atoms in total. The molecule has 0 spiro atoms. The van der Waals surface area contributed by atoms with E-state index in [0.717, 1.165) is 0 Å². The zero-order valence-electron chi connectivity index (χ0n) is 11.9. The molecular weight excluding hydrogens is 273 g/mol. The van der Waals surface area contributed by atoms with Crippen LogP contribution < -0.4 is 0 Å². The molecule has 6 heteroatoms. The number of aromatic nitrogens is 1. The van der Waals surface area contributed by atoms with Crippen molar-refractivity contribution in [3.05, 3.63) is 24.0 Å². The van der Waals surface area contributed by atoms with E-state index in [0.29, 0.717) is 31.6 Å². The predicted octanol–water partition coefficient (Wildman–Crippen LogP) is 1.07. The van der Waals surface area contributed by atoms with E-state index in [1.165, 1.54) is 0 Å². The van der Waals surface area contributed by atoms with Crippen molar-refractivity contribution in [1.29, 1.82) is 0 Å². The maximum absolute atomic E-state index is 13.0. The molecule has 0 unspecified atom stereocenters. The molecule has 3 heterocycles. The second-order valence-electron chi connectivity index (χ2n) is 6.36. The van der Waals surface area contributed by atoms with Crippen molar-refractivity contribution < 1.29 is 14.0 Å². The van der Waals surface area contributed by atoms with E-state index in [1.807, 2.05) is 27.8 Å². The fraction of sp³-hybridized carbons (Fsp3) is 0.600. The van der Waals surface area contributed by atoms with Gasteiger partial charge in [0.2, 0.25) is 5.91 Å². The van der Waals surface area contributed by atoms with Gasteiger partial charge >= 0.3 is 0 Å². The van der Waals surface area contributed by atoms with Gasteiger partial charge in [-0.3, -0.25) is 9.59 Å². The quantitative estimate of drug-likeness (QED) is 0.777. The summed E-state index contributed by atoms with van der Waals surface area (Å²) in [7, 11) is 1.80. The molecule has 1 saturated carbocycles. The average molecular weight is 291 g/mol. The van der Waals surface area contributed by atoms with Crippen LogP contribution in [0.5, 0.6) is 0 Å². The lowest BCUT2D eigenvalue weighted by atomic mass is 9.82. The van der Waals surface area contributed by atoms with Crippen molar-refractivity contribution in [2.45, 2.75) is 31.1 Å². The molecule has 2 aliphatic heterocycles. The van der Waals surface area contributed by atoms with Crippen LogP contribution in [0.3, 0.4) is 0 Å². The fourth-order valence-electron chi connectivity index (χ4n) is 3.81. The highest BCUT2D eigenvalue weighted by Gasteiger charge is 2.47. The molecule has 2 atom stereocenters. The summed E-state index contributed by atoms with van der Waals surface area (Å²) in [6.45, 7) is 1.16. The number of hydrogen-bond donors (Lipinski definition) is 0. The van der Waals surface area contributed by atoms with Gasteiger partial charge in [-0.25, -0.2) is 4.39 Å². The molecule has 3 aliphatic rings. The number of carbonyl (C=O) groups excluding carboxylic acids is 2. The van der Waals surface area contributed by atoms with Gasteiger partial charge in [0, 0.05) is 32.3 Å². The van der Waals surface area contributed by atoms with Gasteiger partial charge in [-0.05, 0) is 25.0 Å². The van der Waals surface area contributed by atoms with Crippen molar-refractivity contribution in [2.24, 2.45) is 5.92 Å². The minimum absolute atomic E-state index is 0.00279. The largest absolute Gasteiger partial charge is 0.338 e. The van der Waals surface area contributed by atoms with Gasteiger partial charge in [-0.1, -0.05) is 0 Å². The van der Waals surface area contributed by atoms with Gasteiger partial charge in [0.15, 0.2) is 0 Å². The Morgan fingerprint density at radius 3 is 2.71 bits per heavy atom. The minimum Gasteiger partial charge on any atom is -0.338 e. The molecule has 1 aromatic rings. The zero-order valence-corrected chi connectivity index (χ0v) is 11.9. The highest BCUT2D eigenvalue weighted by molar-refractivity contribution is 5.94. The lowest BCUT2D eigenvalue weighted by Gasteiger charge is -2.35. The molecular formula is C15H18FN3O2. The topological polar surface area (TPSA) is 45.6 Å². The maximum atomic E-state index is 13.0. The molecule has 0 radical (unpaired) electrons. The third-order valence-corrected chi connectivity index (χ3v) is 5.17. The van der Waals surface area contributed by atoms with Crippen LogP contribution in [0.4, 0.5) is 4.39 Å². The lowest BCUT2D eigenvalue weighted by Crippen LogP contribution is -2.48.